The van der Waals surface area contributed by atoms with Crippen LogP contribution < -0.4 is 16.2 Å². The van der Waals surface area contributed by atoms with Crippen molar-refractivity contribution >= 4 is 34.3 Å². The van der Waals surface area contributed by atoms with Crippen molar-refractivity contribution in [1.82, 2.24) is 31.2 Å². The molecule has 0 saturated heterocycles. The van der Waals surface area contributed by atoms with E-state index in [4.69, 9.17) is 12.2 Å². The fourth-order valence-electron chi connectivity index (χ4n) is 3.07. The van der Waals surface area contributed by atoms with Crippen LogP contribution in [0.1, 0.15) is 32.6 Å². The van der Waals surface area contributed by atoms with Crippen LogP contribution in [0.3, 0.4) is 0 Å². The molecular weight excluding hydrogens is 324 g/mol. The molecule has 1 aliphatic rings. The molecule has 0 unspecified atom stereocenters. The molecule has 0 spiro atoms. The summed E-state index contributed by atoms with van der Waals surface area (Å²) in [4.78, 5) is 12.1. The van der Waals surface area contributed by atoms with Crippen molar-refractivity contribution < 1.29 is 4.79 Å². The van der Waals surface area contributed by atoms with Gasteiger partial charge in [-0.1, -0.05) is 37.1 Å². The van der Waals surface area contributed by atoms with Crippen LogP contribution in [0.15, 0.2) is 24.3 Å². The molecule has 3 N–H and O–H groups in total. The maximum Gasteiger partial charge on any atom is 0.260 e. The maximum absolute atomic E-state index is 12.1. The number of hydrogen-bond donors (Lipinski definition) is 3. The molecule has 1 aliphatic carbocycles. The molecule has 1 aromatic carbocycles. The highest BCUT2D eigenvalue weighted by Gasteiger charge is 2.21. The molecule has 24 heavy (non-hydrogen) atoms. The predicted molar refractivity (Wildman–Crippen MR) is 96.0 cm³/mol. The van der Waals surface area contributed by atoms with Gasteiger partial charge in [0.15, 0.2) is 5.11 Å². The van der Waals surface area contributed by atoms with Crippen LogP contribution in [0.4, 0.5) is 0 Å². The standard InChI is InChI=1S/C16H22N6OS/c1-11-6-2-3-7-12(11)17-16(24)20-19-15(23)10-22-14-9-5-4-8-13(14)18-21-22/h4-5,8-9,11-12H,2-3,6-7,10H2,1H3,(H,19,23)(H2,17,20,24)/t11-,12+/m0/s1. The van der Waals surface area contributed by atoms with E-state index in [-0.39, 0.29) is 12.5 Å². The summed E-state index contributed by atoms with van der Waals surface area (Å²) in [6, 6.07) is 7.89. The Bertz CT molecular complexity index is 730. The minimum Gasteiger partial charge on any atom is -0.358 e. The Morgan fingerprint density at radius 1 is 1.29 bits per heavy atom. The number of nitrogens with one attached hydrogen (secondary N) is 3. The summed E-state index contributed by atoms with van der Waals surface area (Å²) >= 11 is 5.26. The van der Waals surface area contributed by atoms with Gasteiger partial charge in [-0.25, -0.2) is 4.68 Å². The first-order chi connectivity index (χ1) is 11.6. The average Bonchev–Trinajstić information content (AvgIpc) is 2.98. The second-order valence-corrected chi connectivity index (χ2v) is 6.66. The Balaban J connectivity index is 1.47. The van der Waals surface area contributed by atoms with Crippen molar-refractivity contribution in [3.05, 3.63) is 24.3 Å². The number of carbonyl (C=O) groups excluding carboxylic acids is 1. The minimum absolute atomic E-state index is 0.0793. The molecular formula is C16H22N6OS. The van der Waals surface area contributed by atoms with E-state index < -0.39 is 0 Å². The van der Waals surface area contributed by atoms with Crippen molar-refractivity contribution in [2.24, 2.45) is 5.92 Å². The first-order valence-corrected chi connectivity index (χ1v) is 8.68. The zero-order valence-electron chi connectivity index (χ0n) is 13.7. The monoisotopic (exact) mass is 346 g/mol. The van der Waals surface area contributed by atoms with Gasteiger partial charge in [0, 0.05) is 6.04 Å². The molecule has 128 valence electrons. The van der Waals surface area contributed by atoms with Crippen LogP contribution in [-0.2, 0) is 11.3 Å². The van der Waals surface area contributed by atoms with Gasteiger partial charge in [-0.15, -0.1) is 5.10 Å². The summed E-state index contributed by atoms with van der Waals surface area (Å²) in [5, 5.41) is 11.8. The number of fused-ring (bicyclic) bond motifs is 1. The lowest BCUT2D eigenvalue weighted by Gasteiger charge is -2.30. The van der Waals surface area contributed by atoms with E-state index in [1.54, 1.807) is 4.68 Å². The molecule has 0 aliphatic heterocycles. The van der Waals surface area contributed by atoms with Crippen molar-refractivity contribution in [3.63, 3.8) is 0 Å². The summed E-state index contributed by atoms with van der Waals surface area (Å²) in [6.07, 6.45) is 4.83. The fourth-order valence-corrected chi connectivity index (χ4v) is 3.27. The molecule has 0 radical (unpaired) electrons. The summed E-state index contributed by atoms with van der Waals surface area (Å²) in [5.74, 6) is 0.363. The number of hydrazine groups is 1. The number of benzene rings is 1. The van der Waals surface area contributed by atoms with Crippen molar-refractivity contribution in [2.75, 3.05) is 0 Å². The average molecular weight is 346 g/mol. The van der Waals surface area contributed by atoms with Gasteiger partial charge < -0.3 is 5.32 Å². The van der Waals surface area contributed by atoms with Gasteiger partial charge in [-0.2, -0.15) is 0 Å². The third-order valence-corrected chi connectivity index (χ3v) is 4.68. The van der Waals surface area contributed by atoms with E-state index in [0.29, 0.717) is 17.1 Å². The van der Waals surface area contributed by atoms with E-state index in [2.05, 4.69) is 33.4 Å². The summed E-state index contributed by atoms with van der Waals surface area (Å²) in [6.45, 7) is 2.31. The topological polar surface area (TPSA) is 83.9 Å². The SMILES string of the molecule is C[C@H]1CCCC[C@H]1NC(=S)NNC(=O)Cn1nnc2ccccc21. The molecule has 1 saturated carbocycles. The highest BCUT2D eigenvalue weighted by Crippen LogP contribution is 2.23. The highest BCUT2D eigenvalue weighted by atomic mass is 32.1. The Labute approximate surface area is 146 Å². The normalized spacial score (nSPS) is 20.5. The predicted octanol–water partition coefficient (Wildman–Crippen LogP) is 1.51. The highest BCUT2D eigenvalue weighted by molar-refractivity contribution is 7.80. The zero-order chi connectivity index (χ0) is 16.9. The molecule has 1 fully saturated rings. The van der Waals surface area contributed by atoms with Crippen molar-refractivity contribution in [1.29, 1.82) is 0 Å². The quantitative estimate of drug-likeness (QED) is 0.577. The number of nitrogens with zero attached hydrogens (tertiary/aromatic N) is 3. The Morgan fingerprint density at radius 3 is 2.92 bits per heavy atom. The number of carbonyl (C=O) groups is 1. The Kier molecular flexibility index (Phi) is 5.24. The number of hydrogen-bond acceptors (Lipinski definition) is 4. The van der Waals surface area contributed by atoms with Crippen LogP contribution in [0, 0.1) is 5.92 Å². The molecule has 1 aromatic heterocycles. The van der Waals surface area contributed by atoms with Gasteiger partial charge in [0.05, 0.1) is 5.52 Å². The lowest BCUT2D eigenvalue weighted by molar-refractivity contribution is -0.122. The number of rotatable bonds is 3. The van der Waals surface area contributed by atoms with Crippen LogP contribution >= 0.6 is 12.2 Å². The molecule has 8 heteroatoms. The van der Waals surface area contributed by atoms with Crippen LogP contribution in [-0.4, -0.2) is 32.1 Å². The molecule has 0 bridgehead atoms. The lowest BCUT2D eigenvalue weighted by Crippen LogP contribution is -2.52. The van der Waals surface area contributed by atoms with E-state index in [1.165, 1.54) is 19.3 Å². The van der Waals surface area contributed by atoms with Crippen LogP contribution in [0.5, 0.6) is 0 Å². The third-order valence-electron chi connectivity index (χ3n) is 4.46. The second kappa shape index (κ2) is 7.57. The Morgan fingerprint density at radius 2 is 2.08 bits per heavy atom. The van der Waals surface area contributed by atoms with E-state index >= 15 is 0 Å². The van der Waals surface area contributed by atoms with Crippen LogP contribution in [0.25, 0.3) is 11.0 Å². The van der Waals surface area contributed by atoms with Crippen molar-refractivity contribution in [2.45, 2.75) is 45.2 Å². The molecule has 2 aromatic rings. The second-order valence-electron chi connectivity index (χ2n) is 6.25. The van der Waals surface area contributed by atoms with Gasteiger partial charge >= 0.3 is 0 Å². The van der Waals surface area contributed by atoms with Gasteiger partial charge in [0.1, 0.15) is 12.1 Å². The molecule has 3 rings (SSSR count). The summed E-state index contributed by atoms with van der Waals surface area (Å²) in [5.41, 5.74) is 6.97. The summed E-state index contributed by atoms with van der Waals surface area (Å²) in [7, 11) is 0. The minimum atomic E-state index is -0.230. The molecule has 7 nitrogen and oxygen atoms in total. The number of amides is 1. The van der Waals surface area contributed by atoms with Crippen LogP contribution in [0.2, 0.25) is 0 Å². The lowest BCUT2D eigenvalue weighted by atomic mass is 9.86. The number of thiocarbonyl (C=S) groups is 1. The smallest absolute Gasteiger partial charge is 0.260 e. The van der Waals surface area contributed by atoms with Gasteiger partial charge in [-0.05, 0) is 43.1 Å². The number of para-hydroxylation sites is 1. The van der Waals surface area contributed by atoms with E-state index in [9.17, 15) is 4.79 Å². The van der Waals surface area contributed by atoms with Gasteiger partial charge in [0.25, 0.3) is 5.91 Å². The van der Waals surface area contributed by atoms with Gasteiger partial charge in [-0.3, -0.25) is 15.6 Å². The third kappa shape index (κ3) is 4.00. The van der Waals surface area contributed by atoms with E-state index in [0.717, 1.165) is 17.5 Å². The Hall–Kier alpha value is -2.22. The first-order valence-electron chi connectivity index (χ1n) is 8.27. The van der Waals surface area contributed by atoms with E-state index in [1.807, 2.05) is 24.3 Å². The molecule has 1 amide bonds. The van der Waals surface area contributed by atoms with Crippen molar-refractivity contribution in [3.8, 4) is 0 Å². The first kappa shape index (κ1) is 16.6. The van der Waals surface area contributed by atoms with Gasteiger partial charge in [0.2, 0.25) is 0 Å². The largest absolute Gasteiger partial charge is 0.358 e. The zero-order valence-corrected chi connectivity index (χ0v) is 14.5. The molecule has 2 atom stereocenters. The maximum atomic E-state index is 12.1. The summed E-state index contributed by atoms with van der Waals surface area (Å²) < 4.78 is 1.56. The molecule has 1 heterocycles. The number of aromatic nitrogens is 3. The fraction of sp³-hybridized carbons (Fsp3) is 0.500.